The van der Waals surface area contributed by atoms with Crippen LogP contribution in [0.4, 0.5) is 23.1 Å². The van der Waals surface area contributed by atoms with E-state index in [9.17, 15) is 28.8 Å². The number of nitrogens with one attached hydrogen (secondary N) is 3. The molecule has 0 radical (unpaired) electrons. The molecule has 1 saturated carbocycles. The Morgan fingerprint density at radius 2 is 1.70 bits per heavy atom. The van der Waals surface area contributed by atoms with Crippen molar-refractivity contribution >= 4 is 69.5 Å². The molecule has 5 amide bonds. The Balaban J connectivity index is 0.756. The number of anilines is 4. The van der Waals surface area contributed by atoms with Gasteiger partial charge in [0.2, 0.25) is 17.8 Å². The van der Waals surface area contributed by atoms with Crippen LogP contribution in [0.3, 0.4) is 0 Å². The number of ketones is 1. The van der Waals surface area contributed by atoms with Gasteiger partial charge in [-0.3, -0.25) is 43.9 Å². The van der Waals surface area contributed by atoms with E-state index in [1.165, 1.54) is 6.07 Å². The molecule has 1 unspecified atom stereocenters. The normalized spacial score (nSPS) is 18.6. The molecule has 4 aliphatic rings. The number of hydrogen-bond acceptors (Lipinski definition) is 13. The van der Waals surface area contributed by atoms with Gasteiger partial charge in [-0.2, -0.15) is 4.98 Å². The van der Waals surface area contributed by atoms with Gasteiger partial charge in [0.15, 0.2) is 5.78 Å². The Hall–Kier alpha value is -6.23. The Kier molecular flexibility index (Phi) is 11.9. The molecule has 17 heteroatoms. The third kappa shape index (κ3) is 8.44. The van der Waals surface area contributed by atoms with Gasteiger partial charge in [0.05, 0.1) is 29.6 Å². The molecule has 2 saturated heterocycles. The van der Waals surface area contributed by atoms with Crippen LogP contribution in [0.2, 0.25) is 0 Å². The number of fused-ring (bicyclic) bond motifs is 2. The highest BCUT2D eigenvalue weighted by Crippen LogP contribution is 2.35. The SMILES string of the molecule is CN(C)C(=O)c1cc2cnc(Nc3ccc(N4CCN(CCCCCC(=O)CNc5cccc6c5C(=O)N(C5CCC(=O)NC5=O)C6=O)CC4)cn3)nc2n1C1CCCC1. The fourth-order valence-electron chi connectivity index (χ4n) is 8.76. The number of rotatable bonds is 15. The van der Waals surface area contributed by atoms with Crippen LogP contribution in [0.15, 0.2) is 48.8 Å². The predicted octanol–water partition coefficient (Wildman–Crippen LogP) is 4.15. The molecule has 1 aliphatic carbocycles. The summed E-state index contributed by atoms with van der Waals surface area (Å²) in [6, 6.07) is 9.90. The zero-order chi connectivity index (χ0) is 41.9. The van der Waals surface area contributed by atoms with Gasteiger partial charge in [-0.25, -0.2) is 9.97 Å². The van der Waals surface area contributed by atoms with E-state index in [-0.39, 0.29) is 48.2 Å². The Morgan fingerprint density at radius 3 is 2.43 bits per heavy atom. The van der Waals surface area contributed by atoms with Crippen molar-refractivity contribution in [2.24, 2.45) is 0 Å². The third-order valence-corrected chi connectivity index (χ3v) is 12.0. The topological polar surface area (TPSA) is 195 Å². The second-order valence-electron chi connectivity index (χ2n) is 16.2. The zero-order valence-electron chi connectivity index (χ0n) is 34.1. The van der Waals surface area contributed by atoms with Crippen LogP contribution < -0.4 is 20.9 Å². The minimum Gasteiger partial charge on any atom is -0.377 e. The number of nitrogens with zero attached hydrogens (tertiary/aromatic N) is 8. The Bertz CT molecular complexity index is 2310. The highest BCUT2D eigenvalue weighted by Gasteiger charge is 2.45. The van der Waals surface area contributed by atoms with Crippen molar-refractivity contribution in [2.75, 3.05) is 68.9 Å². The van der Waals surface area contributed by atoms with Crippen molar-refractivity contribution < 1.29 is 28.8 Å². The monoisotopic (exact) mass is 817 g/mol. The van der Waals surface area contributed by atoms with E-state index in [4.69, 9.17) is 4.98 Å². The smallest absolute Gasteiger partial charge is 0.270 e. The number of aromatic nitrogens is 4. The van der Waals surface area contributed by atoms with E-state index in [1.54, 1.807) is 37.3 Å². The van der Waals surface area contributed by atoms with Crippen molar-refractivity contribution in [3.63, 3.8) is 0 Å². The molecule has 6 heterocycles. The summed E-state index contributed by atoms with van der Waals surface area (Å²) in [7, 11) is 3.54. The first kappa shape index (κ1) is 40.5. The quantitative estimate of drug-likeness (QED) is 0.115. The maximum absolute atomic E-state index is 13.3. The van der Waals surface area contributed by atoms with Gasteiger partial charge >= 0.3 is 0 Å². The van der Waals surface area contributed by atoms with Gasteiger partial charge in [-0.15, -0.1) is 0 Å². The largest absolute Gasteiger partial charge is 0.377 e. The maximum Gasteiger partial charge on any atom is 0.270 e. The lowest BCUT2D eigenvalue weighted by atomic mass is 10.0. The minimum absolute atomic E-state index is 0.00445. The molecule has 8 rings (SSSR count). The number of hydrogen-bond donors (Lipinski definition) is 3. The highest BCUT2D eigenvalue weighted by molar-refractivity contribution is 6.25. The fraction of sp³-hybridized carbons (Fsp3) is 0.465. The summed E-state index contributed by atoms with van der Waals surface area (Å²) in [6.45, 7) is 4.60. The lowest BCUT2D eigenvalue weighted by Gasteiger charge is -2.36. The van der Waals surface area contributed by atoms with Crippen molar-refractivity contribution in [1.82, 2.24) is 39.5 Å². The first-order valence-corrected chi connectivity index (χ1v) is 21.0. The zero-order valence-corrected chi connectivity index (χ0v) is 34.1. The number of unbranched alkanes of at least 4 members (excludes halogenated alkanes) is 2. The van der Waals surface area contributed by atoms with E-state index < -0.39 is 29.7 Å². The summed E-state index contributed by atoms with van der Waals surface area (Å²) >= 11 is 0. The number of imide groups is 2. The molecule has 0 spiro atoms. The third-order valence-electron chi connectivity index (χ3n) is 12.0. The van der Waals surface area contributed by atoms with Crippen molar-refractivity contribution in [2.45, 2.75) is 76.3 Å². The number of carbonyl (C=O) groups excluding carboxylic acids is 6. The van der Waals surface area contributed by atoms with Gasteiger partial charge in [0.25, 0.3) is 17.7 Å². The molecular formula is C43H51N11O6. The van der Waals surface area contributed by atoms with Gasteiger partial charge in [0, 0.05) is 76.4 Å². The van der Waals surface area contributed by atoms with Crippen LogP contribution in [-0.4, -0.2) is 129 Å². The fourth-order valence-corrected chi connectivity index (χ4v) is 8.76. The second-order valence-corrected chi connectivity index (χ2v) is 16.2. The molecule has 1 aromatic carbocycles. The van der Waals surface area contributed by atoms with Crippen LogP contribution in [-0.2, 0) is 14.4 Å². The number of amides is 5. The average molecular weight is 818 g/mol. The number of carbonyl (C=O) groups is 6. The van der Waals surface area contributed by atoms with Crippen LogP contribution in [0, 0.1) is 0 Å². The van der Waals surface area contributed by atoms with E-state index in [0.29, 0.717) is 29.6 Å². The average Bonchev–Trinajstić information content (AvgIpc) is 3.97. The van der Waals surface area contributed by atoms with E-state index >= 15 is 0 Å². The van der Waals surface area contributed by atoms with Crippen LogP contribution in [0.25, 0.3) is 11.0 Å². The van der Waals surface area contributed by atoms with Gasteiger partial charge in [-0.1, -0.05) is 25.3 Å². The van der Waals surface area contributed by atoms with E-state index in [1.807, 2.05) is 18.3 Å². The Morgan fingerprint density at radius 1 is 0.900 bits per heavy atom. The van der Waals surface area contributed by atoms with Gasteiger partial charge < -0.3 is 25.0 Å². The molecule has 314 valence electrons. The van der Waals surface area contributed by atoms with Crippen molar-refractivity contribution in [1.29, 1.82) is 0 Å². The summed E-state index contributed by atoms with van der Waals surface area (Å²) in [5, 5.41) is 9.34. The van der Waals surface area contributed by atoms with Crippen LogP contribution in [0.5, 0.6) is 0 Å². The second kappa shape index (κ2) is 17.6. The van der Waals surface area contributed by atoms with E-state index in [2.05, 4.69) is 46.4 Å². The first-order valence-electron chi connectivity index (χ1n) is 21.0. The van der Waals surface area contributed by atoms with Gasteiger partial charge in [-0.05, 0) is 69.0 Å². The molecule has 3 aliphatic heterocycles. The molecule has 4 aromatic rings. The Labute approximate surface area is 347 Å². The molecule has 3 fully saturated rings. The molecular weight excluding hydrogens is 767 g/mol. The molecule has 3 N–H and O–H groups in total. The maximum atomic E-state index is 13.3. The summed E-state index contributed by atoms with van der Waals surface area (Å²) in [5.74, 6) is -1.24. The number of pyridine rings is 1. The molecule has 60 heavy (non-hydrogen) atoms. The molecule has 17 nitrogen and oxygen atoms in total. The number of piperazine rings is 1. The highest BCUT2D eigenvalue weighted by atomic mass is 16.2. The summed E-state index contributed by atoms with van der Waals surface area (Å²) < 4.78 is 2.10. The first-order chi connectivity index (χ1) is 29.0. The summed E-state index contributed by atoms with van der Waals surface area (Å²) in [4.78, 5) is 97.6. The molecule has 1 atom stereocenters. The van der Waals surface area contributed by atoms with Gasteiger partial charge in [0.1, 0.15) is 23.2 Å². The molecule has 0 bridgehead atoms. The summed E-state index contributed by atoms with van der Waals surface area (Å²) in [6.07, 6.45) is 11.1. The standard InChI is InChI=1S/C43H51N11O6/c1-50(2)41(59)34-23-27-24-46-43(49-38(27)53(34)28-9-5-6-10-28)47-35-16-14-29(25-45-35)52-21-19-51(20-22-52)18-7-3-4-11-30(55)26-44-32-13-8-12-31-37(32)42(60)54(40(31)58)33-15-17-36(56)48-39(33)57/h8,12-14,16,23-25,28,33,44H,3-7,9-11,15,17-22,26H2,1-2H3,(H,48,56,57)(H,45,46,47,49). The number of benzene rings is 1. The lowest BCUT2D eigenvalue weighted by Crippen LogP contribution is -2.54. The van der Waals surface area contributed by atoms with Crippen LogP contribution in [0.1, 0.15) is 101 Å². The predicted molar refractivity (Wildman–Crippen MR) is 224 cm³/mol. The molecule has 3 aromatic heterocycles. The van der Waals surface area contributed by atoms with E-state index in [0.717, 1.165) is 99.3 Å². The number of Topliss-reactive ketones (excluding diaryl/α,β-unsaturated/α-hetero) is 1. The minimum atomic E-state index is -1.05. The van der Waals surface area contributed by atoms with Crippen molar-refractivity contribution in [3.8, 4) is 0 Å². The lowest BCUT2D eigenvalue weighted by molar-refractivity contribution is -0.136. The summed E-state index contributed by atoms with van der Waals surface area (Å²) in [5.41, 5.74) is 3.15. The van der Waals surface area contributed by atoms with Crippen LogP contribution >= 0.6 is 0 Å². The van der Waals surface area contributed by atoms with Crippen molar-refractivity contribution in [3.05, 3.63) is 65.6 Å². The number of piperidine rings is 1.